The van der Waals surface area contributed by atoms with Crippen molar-refractivity contribution in [3.8, 4) is 0 Å². The van der Waals surface area contributed by atoms with Crippen LogP contribution < -0.4 is 10.6 Å². The number of nitrogens with one attached hydrogen (secondary N) is 2. The van der Waals surface area contributed by atoms with Gasteiger partial charge in [0.2, 0.25) is 5.91 Å². The van der Waals surface area contributed by atoms with Crippen molar-refractivity contribution in [2.24, 2.45) is 0 Å². The number of thioether (sulfide) groups is 1. The van der Waals surface area contributed by atoms with Gasteiger partial charge in [0.1, 0.15) is 16.2 Å². The molecule has 0 bridgehead atoms. The Balaban J connectivity index is 1.53. The highest BCUT2D eigenvalue weighted by Crippen LogP contribution is 2.30. The molecule has 2 aromatic heterocycles. The van der Waals surface area contributed by atoms with Gasteiger partial charge in [-0.05, 0) is 23.9 Å². The quantitative estimate of drug-likeness (QED) is 0.531. The average Bonchev–Trinajstić information content (AvgIpc) is 3.10. The first-order chi connectivity index (χ1) is 12.1. The summed E-state index contributed by atoms with van der Waals surface area (Å²) in [5.41, 5.74) is 0.966. The third-order valence-electron chi connectivity index (χ3n) is 3.42. The predicted octanol–water partition coefficient (Wildman–Crippen LogP) is 3.20. The van der Waals surface area contributed by atoms with Crippen molar-refractivity contribution in [3.05, 3.63) is 53.7 Å². The normalized spacial score (nSPS) is 11.9. The minimum atomic E-state index is -0.510. The van der Waals surface area contributed by atoms with Crippen molar-refractivity contribution in [2.75, 3.05) is 0 Å². The number of hydrogen-bond donors (Lipinski definition) is 2. The van der Waals surface area contributed by atoms with E-state index in [0.717, 1.165) is 20.8 Å². The highest BCUT2D eigenvalue weighted by atomic mass is 32.2. The zero-order valence-electron chi connectivity index (χ0n) is 13.4. The molecule has 2 N–H and O–H groups in total. The minimum Gasteiger partial charge on any atom is -0.334 e. The van der Waals surface area contributed by atoms with Gasteiger partial charge in [-0.3, -0.25) is 10.1 Å². The molecule has 1 atom stereocenters. The van der Waals surface area contributed by atoms with Gasteiger partial charge in [-0.15, -0.1) is 11.3 Å². The van der Waals surface area contributed by atoms with Crippen LogP contribution in [0.1, 0.15) is 12.5 Å². The van der Waals surface area contributed by atoms with Gasteiger partial charge in [-0.2, -0.15) is 0 Å². The second-order valence-electron chi connectivity index (χ2n) is 5.24. The minimum absolute atomic E-state index is 0.363. The standard InChI is InChI=1S/C17H16N4O2S2/c1-11(25-16-13-7-8-24-15(13)19-10-20-16)14(22)21-17(23)18-9-12-5-3-2-4-6-12/h2-8,10-11H,9H2,1H3,(H2,18,21,22,23). The number of aromatic nitrogens is 2. The van der Waals surface area contributed by atoms with E-state index in [9.17, 15) is 9.59 Å². The summed E-state index contributed by atoms with van der Waals surface area (Å²) in [4.78, 5) is 33.4. The average molecular weight is 372 g/mol. The van der Waals surface area contributed by atoms with Crippen molar-refractivity contribution >= 4 is 45.3 Å². The number of thiophene rings is 1. The lowest BCUT2D eigenvalue weighted by Gasteiger charge is -2.12. The van der Waals surface area contributed by atoms with E-state index in [0.29, 0.717) is 6.54 Å². The van der Waals surface area contributed by atoms with Crippen LogP contribution in [0, 0.1) is 0 Å². The maximum absolute atomic E-state index is 12.2. The molecule has 25 heavy (non-hydrogen) atoms. The second kappa shape index (κ2) is 8.09. The number of fused-ring (bicyclic) bond motifs is 1. The first-order valence-electron chi connectivity index (χ1n) is 7.61. The fraction of sp³-hybridized carbons (Fsp3) is 0.176. The van der Waals surface area contributed by atoms with Gasteiger partial charge in [0, 0.05) is 11.9 Å². The Morgan fingerprint density at radius 1 is 1.20 bits per heavy atom. The maximum Gasteiger partial charge on any atom is 0.321 e. The summed E-state index contributed by atoms with van der Waals surface area (Å²) in [6.07, 6.45) is 1.48. The van der Waals surface area contributed by atoms with Gasteiger partial charge in [0.05, 0.1) is 5.25 Å². The molecule has 0 aliphatic heterocycles. The molecular formula is C17H16N4O2S2. The molecule has 8 heteroatoms. The van der Waals surface area contributed by atoms with E-state index in [1.807, 2.05) is 41.8 Å². The van der Waals surface area contributed by atoms with E-state index in [-0.39, 0.29) is 5.91 Å². The summed E-state index contributed by atoms with van der Waals surface area (Å²) >= 11 is 2.83. The van der Waals surface area contributed by atoms with Crippen LogP contribution in [0.25, 0.3) is 10.2 Å². The van der Waals surface area contributed by atoms with E-state index in [1.165, 1.54) is 29.4 Å². The molecule has 3 amide bonds. The zero-order valence-corrected chi connectivity index (χ0v) is 15.1. The monoisotopic (exact) mass is 372 g/mol. The Kier molecular flexibility index (Phi) is 5.62. The van der Waals surface area contributed by atoms with E-state index in [1.54, 1.807) is 6.92 Å². The molecular weight excluding hydrogens is 356 g/mol. The summed E-state index contributed by atoms with van der Waals surface area (Å²) in [5.74, 6) is -0.363. The van der Waals surface area contributed by atoms with Gasteiger partial charge in [-0.1, -0.05) is 42.1 Å². The van der Waals surface area contributed by atoms with Crippen LogP contribution in [-0.4, -0.2) is 27.2 Å². The lowest BCUT2D eigenvalue weighted by Crippen LogP contribution is -2.42. The molecule has 3 rings (SSSR count). The number of nitrogens with zero attached hydrogens (tertiary/aromatic N) is 2. The molecule has 3 aromatic rings. The lowest BCUT2D eigenvalue weighted by atomic mass is 10.2. The predicted molar refractivity (Wildman–Crippen MR) is 99.6 cm³/mol. The highest BCUT2D eigenvalue weighted by Gasteiger charge is 2.19. The van der Waals surface area contributed by atoms with Crippen LogP contribution in [-0.2, 0) is 11.3 Å². The van der Waals surface area contributed by atoms with Crippen LogP contribution in [0.15, 0.2) is 53.1 Å². The molecule has 1 unspecified atom stereocenters. The topological polar surface area (TPSA) is 84.0 Å². The largest absolute Gasteiger partial charge is 0.334 e. The Labute approximate surface area is 153 Å². The Morgan fingerprint density at radius 3 is 2.80 bits per heavy atom. The Hall–Kier alpha value is -2.45. The maximum atomic E-state index is 12.2. The summed E-state index contributed by atoms with van der Waals surface area (Å²) in [6, 6.07) is 10.9. The SMILES string of the molecule is CC(Sc1ncnc2sccc12)C(=O)NC(=O)NCc1ccccc1. The summed E-state index contributed by atoms with van der Waals surface area (Å²) in [7, 11) is 0. The van der Waals surface area contributed by atoms with Crippen molar-refractivity contribution in [2.45, 2.75) is 23.7 Å². The fourth-order valence-corrected chi connectivity index (χ4v) is 3.82. The first kappa shape index (κ1) is 17.4. The van der Waals surface area contributed by atoms with Crippen molar-refractivity contribution < 1.29 is 9.59 Å². The molecule has 0 aliphatic carbocycles. The molecule has 0 saturated carbocycles. The van der Waals surface area contributed by atoms with Gasteiger partial charge >= 0.3 is 6.03 Å². The van der Waals surface area contributed by atoms with Gasteiger partial charge in [0.15, 0.2) is 0 Å². The number of amides is 3. The molecule has 2 heterocycles. The number of benzene rings is 1. The third kappa shape index (κ3) is 4.55. The third-order valence-corrected chi connectivity index (χ3v) is 5.35. The van der Waals surface area contributed by atoms with Crippen LogP contribution in [0.3, 0.4) is 0 Å². The number of carbonyl (C=O) groups is 2. The van der Waals surface area contributed by atoms with E-state index < -0.39 is 11.3 Å². The molecule has 0 spiro atoms. The van der Waals surface area contributed by atoms with Crippen LogP contribution in [0.4, 0.5) is 4.79 Å². The summed E-state index contributed by atoms with van der Waals surface area (Å²) in [5, 5.41) is 8.17. The lowest BCUT2D eigenvalue weighted by molar-refractivity contribution is -0.119. The van der Waals surface area contributed by atoms with Gasteiger partial charge in [-0.25, -0.2) is 14.8 Å². The number of hydrogen-bond acceptors (Lipinski definition) is 6. The smallest absolute Gasteiger partial charge is 0.321 e. The zero-order chi connectivity index (χ0) is 17.6. The number of carbonyl (C=O) groups excluding carboxylic acids is 2. The van der Waals surface area contributed by atoms with Crippen LogP contribution in [0.2, 0.25) is 0 Å². The highest BCUT2D eigenvalue weighted by molar-refractivity contribution is 8.00. The summed E-state index contributed by atoms with van der Waals surface area (Å²) in [6.45, 7) is 2.10. The van der Waals surface area contributed by atoms with Crippen LogP contribution in [0.5, 0.6) is 0 Å². The Bertz CT molecular complexity index is 882. The molecule has 0 fully saturated rings. The van der Waals surface area contributed by atoms with Gasteiger partial charge in [0.25, 0.3) is 0 Å². The number of imide groups is 1. The fourth-order valence-electron chi connectivity index (χ4n) is 2.12. The van der Waals surface area contributed by atoms with Gasteiger partial charge < -0.3 is 5.32 Å². The Morgan fingerprint density at radius 2 is 2.00 bits per heavy atom. The van der Waals surface area contributed by atoms with E-state index >= 15 is 0 Å². The van der Waals surface area contributed by atoms with E-state index in [4.69, 9.17) is 0 Å². The van der Waals surface area contributed by atoms with Crippen LogP contribution >= 0.6 is 23.1 Å². The molecule has 6 nitrogen and oxygen atoms in total. The number of urea groups is 1. The molecule has 0 aliphatic rings. The second-order valence-corrected chi connectivity index (χ2v) is 7.46. The van der Waals surface area contributed by atoms with Crippen molar-refractivity contribution in [3.63, 3.8) is 0 Å². The summed E-state index contributed by atoms with van der Waals surface area (Å²) < 4.78 is 0. The first-order valence-corrected chi connectivity index (χ1v) is 9.37. The molecule has 1 aromatic carbocycles. The number of rotatable bonds is 5. The molecule has 128 valence electrons. The van der Waals surface area contributed by atoms with Crippen molar-refractivity contribution in [1.82, 2.24) is 20.6 Å². The van der Waals surface area contributed by atoms with E-state index in [2.05, 4.69) is 20.6 Å². The van der Waals surface area contributed by atoms with Crippen molar-refractivity contribution in [1.29, 1.82) is 0 Å². The molecule has 0 radical (unpaired) electrons. The molecule has 0 saturated heterocycles.